The van der Waals surface area contributed by atoms with Crippen molar-refractivity contribution in [2.75, 3.05) is 20.6 Å². The molecule has 1 aliphatic rings. The Morgan fingerprint density at radius 3 is 2.45 bits per heavy atom. The molecule has 5 nitrogen and oxygen atoms in total. The topological polar surface area (TPSA) is 58.4 Å². The molecular weight excluding hydrogens is 299 g/mol. The summed E-state index contributed by atoms with van der Waals surface area (Å²) < 4.78 is 42.8. The van der Waals surface area contributed by atoms with Crippen LogP contribution in [-0.4, -0.2) is 42.1 Å². The van der Waals surface area contributed by atoms with E-state index in [-0.39, 0.29) is 11.2 Å². The van der Waals surface area contributed by atoms with Gasteiger partial charge in [0, 0.05) is 12.1 Å². The van der Waals surface area contributed by atoms with E-state index in [1.165, 1.54) is 6.92 Å². The van der Waals surface area contributed by atoms with Crippen molar-refractivity contribution in [1.82, 2.24) is 15.4 Å². The zero-order chi connectivity index (χ0) is 16.5. The molecule has 1 N–H and O–H groups in total. The second-order valence-corrected chi connectivity index (χ2v) is 5.98. The highest BCUT2D eigenvalue weighted by molar-refractivity contribution is 5.96. The minimum absolute atomic E-state index is 0.0600. The van der Waals surface area contributed by atoms with Gasteiger partial charge in [-0.1, -0.05) is 18.0 Å². The predicted molar refractivity (Wildman–Crippen MR) is 73.5 cm³/mol. The molecule has 1 aliphatic carbocycles. The lowest BCUT2D eigenvalue weighted by Gasteiger charge is -2.36. The van der Waals surface area contributed by atoms with Crippen molar-refractivity contribution in [3.8, 4) is 0 Å². The highest BCUT2D eigenvalue weighted by Gasteiger charge is 2.43. The van der Waals surface area contributed by atoms with Crippen LogP contribution in [0.5, 0.6) is 0 Å². The van der Waals surface area contributed by atoms with Crippen molar-refractivity contribution in [3.63, 3.8) is 0 Å². The third-order valence-corrected chi connectivity index (χ3v) is 4.41. The Morgan fingerprint density at radius 1 is 1.36 bits per heavy atom. The van der Waals surface area contributed by atoms with Crippen molar-refractivity contribution < 1.29 is 22.5 Å². The molecule has 1 fully saturated rings. The maximum atomic E-state index is 12.8. The smallest absolute Gasteiger partial charge is 0.351 e. The number of aryl methyl sites for hydroxylation is 1. The van der Waals surface area contributed by atoms with Crippen molar-refractivity contribution in [1.29, 1.82) is 0 Å². The maximum Gasteiger partial charge on any atom is 0.453 e. The minimum atomic E-state index is -4.74. The Morgan fingerprint density at radius 2 is 1.95 bits per heavy atom. The summed E-state index contributed by atoms with van der Waals surface area (Å²) in [5.74, 6) is -2.13. The Hall–Kier alpha value is -1.57. The van der Waals surface area contributed by atoms with E-state index in [2.05, 4.69) is 15.0 Å². The molecule has 1 aromatic rings. The van der Waals surface area contributed by atoms with Gasteiger partial charge in [0.15, 0.2) is 0 Å². The number of aromatic nitrogens is 1. The summed E-state index contributed by atoms with van der Waals surface area (Å²) in [6.07, 6.45) is -0.813. The first kappa shape index (κ1) is 16.8. The monoisotopic (exact) mass is 319 g/mol. The van der Waals surface area contributed by atoms with Gasteiger partial charge in [-0.05, 0) is 33.9 Å². The molecule has 0 bridgehead atoms. The zero-order valence-electron chi connectivity index (χ0n) is 12.9. The summed E-state index contributed by atoms with van der Waals surface area (Å²) in [5.41, 5.74) is -0.784. The lowest BCUT2D eigenvalue weighted by molar-refractivity contribution is -0.155. The van der Waals surface area contributed by atoms with Gasteiger partial charge in [0.1, 0.15) is 5.56 Å². The van der Waals surface area contributed by atoms with Gasteiger partial charge in [0.05, 0.1) is 5.69 Å². The lowest BCUT2D eigenvalue weighted by atomic mass is 9.96. The molecule has 0 saturated heterocycles. The van der Waals surface area contributed by atoms with E-state index in [0.717, 1.165) is 25.7 Å². The van der Waals surface area contributed by atoms with Crippen molar-refractivity contribution in [2.45, 2.75) is 44.3 Å². The minimum Gasteiger partial charge on any atom is -0.351 e. The fraction of sp³-hybridized carbons (Fsp3) is 0.714. The molecule has 8 heteroatoms. The van der Waals surface area contributed by atoms with Gasteiger partial charge in [-0.15, -0.1) is 0 Å². The Kier molecular flexibility index (Phi) is 4.51. The SMILES string of the molecule is Cc1noc(C(F)(F)F)c1C(=O)NCC1(N(C)C)CCCC1. The maximum absolute atomic E-state index is 12.8. The molecule has 1 saturated carbocycles. The number of carbonyl (C=O) groups is 1. The molecule has 22 heavy (non-hydrogen) atoms. The van der Waals surface area contributed by atoms with E-state index < -0.39 is 23.4 Å². The summed E-state index contributed by atoms with van der Waals surface area (Å²) >= 11 is 0. The van der Waals surface area contributed by atoms with Gasteiger partial charge in [0.2, 0.25) is 0 Å². The number of likely N-dealkylation sites (N-methyl/N-ethyl adjacent to an activating group) is 1. The molecule has 0 radical (unpaired) electrons. The molecule has 2 rings (SSSR count). The second kappa shape index (κ2) is 5.91. The fourth-order valence-corrected chi connectivity index (χ4v) is 2.98. The van der Waals surface area contributed by atoms with Gasteiger partial charge >= 0.3 is 6.18 Å². The number of hydrogen-bond donors (Lipinski definition) is 1. The normalized spacial score (nSPS) is 18.0. The van der Waals surface area contributed by atoms with Gasteiger partial charge in [-0.25, -0.2) is 0 Å². The highest BCUT2D eigenvalue weighted by atomic mass is 19.4. The van der Waals surface area contributed by atoms with Crippen molar-refractivity contribution in [2.24, 2.45) is 0 Å². The Bertz CT molecular complexity index is 546. The zero-order valence-corrected chi connectivity index (χ0v) is 12.9. The molecule has 0 unspecified atom stereocenters. The number of nitrogens with zero attached hydrogens (tertiary/aromatic N) is 2. The Labute approximate surface area is 126 Å². The Balaban J connectivity index is 2.15. The van der Waals surface area contributed by atoms with E-state index in [1.54, 1.807) is 0 Å². The summed E-state index contributed by atoms with van der Waals surface area (Å²) in [4.78, 5) is 14.2. The van der Waals surface area contributed by atoms with E-state index in [0.29, 0.717) is 6.54 Å². The van der Waals surface area contributed by atoms with E-state index in [9.17, 15) is 18.0 Å². The number of amides is 1. The van der Waals surface area contributed by atoms with Crippen LogP contribution in [-0.2, 0) is 6.18 Å². The van der Waals surface area contributed by atoms with Gasteiger partial charge in [0.25, 0.3) is 11.7 Å². The molecular formula is C14H20F3N3O2. The van der Waals surface area contributed by atoms with Crippen molar-refractivity contribution in [3.05, 3.63) is 17.0 Å². The lowest BCUT2D eigenvalue weighted by Crippen LogP contribution is -2.51. The number of halogens is 3. The van der Waals surface area contributed by atoms with Crippen LogP contribution < -0.4 is 5.32 Å². The van der Waals surface area contributed by atoms with Gasteiger partial charge in [-0.3, -0.25) is 4.79 Å². The average molecular weight is 319 g/mol. The molecule has 124 valence electrons. The predicted octanol–water partition coefficient (Wildman–Crippen LogP) is 2.61. The summed E-state index contributed by atoms with van der Waals surface area (Å²) in [7, 11) is 3.84. The molecule has 1 amide bonds. The number of nitrogens with one attached hydrogen (secondary N) is 1. The largest absolute Gasteiger partial charge is 0.453 e. The summed E-state index contributed by atoms with van der Waals surface area (Å²) in [5, 5.41) is 5.89. The van der Waals surface area contributed by atoms with Crippen LogP contribution >= 0.6 is 0 Å². The second-order valence-electron chi connectivity index (χ2n) is 5.98. The van der Waals surface area contributed by atoms with Crippen LogP contribution in [0.25, 0.3) is 0 Å². The third-order valence-electron chi connectivity index (χ3n) is 4.41. The van der Waals surface area contributed by atoms with E-state index >= 15 is 0 Å². The molecule has 0 aliphatic heterocycles. The average Bonchev–Trinajstić information content (AvgIpc) is 3.02. The van der Waals surface area contributed by atoms with Crippen LogP contribution in [0.2, 0.25) is 0 Å². The number of carbonyl (C=O) groups excluding carboxylic acids is 1. The molecule has 1 heterocycles. The van der Waals surface area contributed by atoms with Crippen molar-refractivity contribution >= 4 is 5.91 Å². The van der Waals surface area contributed by atoms with Crippen LogP contribution in [0, 0.1) is 6.92 Å². The van der Waals surface area contributed by atoms with Crippen LogP contribution in [0.1, 0.15) is 47.5 Å². The number of rotatable bonds is 4. The standard InChI is InChI=1S/C14H20F3N3O2/c1-9-10(11(22-19-9)14(15,16)17)12(21)18-8-13(20(2)3)6-4-5-7-13/h4-8H2,1-3H3,(H,18,21). The number of alkyl halides is 3. The van der Waals surface area contributed by atoms with Gasteiger partial charge < -0.3 is 14.7 Å². The summed E-state index contributed by atoms with van der Waals surface area (Å²) in [6.45, 7) is 1.63. The first-order valence-corrected chi connectivity index (χ1v) is 7.16. The van der Waals surface area contributed by atoms with Crippen LogP contribution in [0.4, 0.5) is 13.2 Å². The van der Waals surface area contributed by atoms with Crippen LogP contribution in [0.3, 0.4) is 0 Å². The number of hydrogen-bond acceptors (Lipinski definition) is 4. The molecule has 0 aromatic carbocycles. The quantitative estimate of drug-likeness (QED) is 0.927. The molecule has 0 spiro atoms. The van der Waals surface area contributed by atoms with E-state index in [4.69, 9.17) is 0 Å². The fourth-order valence-electron chi connectivity index (χ4n) is 2.98. The molecule has 1 aromatic heterocycles. The van der Waals surface area contributed by atoms with Crippen LogP contribution in [0.15, 0.2) is 4.52 Å². The summed E-state index contributed by atoms with van der Waals surface area (Å²) in [6, 6.07) is 0. The third kappa shape index (κ3) is 3.11. The first-order chi connectivity index (χ1) is 10.2. The van der Waals surface area contributed by atoms with Gasteiger partial charge in [-0.2, -0.15) is 13.2 Å². The van der Waals surface area contributed by atoms with E-state index in [1.807, 2.05) is 19.0 Å². The highest BCUT2D eigenvalue weighted by Crippen LogP contribution is 2.35. The molecule has 0 atom stereocenters. The first-order valence-electron chi connectivity index (χ1n) is 7.16.